The first-order chi connectivity index (χ1) is 29.9. The molecule has 0 unspecified atom stereocenters. The number of nitrogens with two attached hydrogens (primary N) is 3. The summed E-state index contributed by atoms with van der Waals surface area (Å²) in [7, 11) is 5.25. The number of primary amides is 1. The van der Waals surface area contributed by atoms with Crippen molar-refractivity contribution in [3.63, 3.8) is 0 Å². The van der Waals surface area contributed by atoms with E-state index in [1.54, 1.807) is 12.1 Å². The SMILES string of the molecule is COc1cc(OCC(N)=O)c(C(=O)N[C@H]2CC[C@H](NC(=O)c3cc(C(=O)NCCN(C)C)c(OCCCCCN)cc3OCCCCCN)CC2)cc1C(=O)NC1CCCCC1. The van der Waals surface area contributed by atoms with Gasteiger partial charge in [0.15, 0.2) is 6.61 Å². The Hall–Kier alpha value is -5.13. The second kappa shape index (κ2) is 26.4. The molecule has 2 saturated carbocycles. The van der Waals surface area contributed by atoms with Crippen LogP contribution in [-0.2, 0) is 4.79 Å². The summed E-state index contributed by atoms with van der Waals surface area (Å²) in [6.07, 6.45) is 12.1. The van der Waals surface area contributed by atoms with Crippen LogP contribution >= 0.6 is 0 Å². The minimum Gasteiger partial charge on any atom is -0.496 e. The molecule has 2 fully saturated rings. The molecule has 0 atom stereocenters. The number of amides is 5. The zero-order chi connectivity index (χ0) is 44.9. The average Bonchev–Trinajstić information content (AvgIpc) is 3.25. The summed E-state index contributed by atoms with van der Waals surface area (Å²) < 4.78 is 23.5. The van der Waals surface area contributed by atoms with Crippen LogP contribution in [0.5, 0.6) is 23.0 Å². The molecule has 0 saturated heterocycles. The first-order valence-electron chi connectivity index (χ1n) is 22.3. The molecule has 2 aliphatic rings. The highest BCUT2D eigenvalue weighted by Gasteiger charge is 2.29. The van der Waals surface area contributed by atoms with E-state index in [0.717, 1.165) is 70.6 Å². The predicted molar refractivity (Wildman–Crippen MR) is 237 cm³/mol. The van der Waals surface area contributed by atoms with Crippen LogP contribution in [0.25, 0.3) is 0 Å². The summed E-state index contributed by atoms with van der Waals surface area (Å²) >= 11 is 0. The number of ether oxygens (including phenoxy) is 4. The Balaban J connectivity index is 1.49. The number of nitrogens with one attached hydrogen (secondary N) is 4. The third-order valence-corrected chi connectivity index (χ3v) is 11.1. The third-order valence-electron chi connectivity index (χ3n) is 11.1. The van der Waals surface area contributed by atoms with Crippen molar-refractivity contribution in [3.05, 3.63) is 46.5 Å². The van der Waals surface area contributed by atoms with Crippen molar-refractivity contribution in [1.82, 2.24) is 26.2 Å². The van der Waals surface area contributed by atoms with Crippen molar-refractivity contribution in [2.75, 3.05) is 67.2 Å². The molecular weight excluding hydrogens is 797 g/mol. The molecule has 17 nitrogen and oxygen atoms in total. The molecule has 0 aromatic heterocycles. The number of carbonyl (C=O) groups is 5. The summed E-state index contributed by atoms with van der Waals surface area (Å²) in [6.45, 7) is 2.44. The Bertz CT molecular complexity index is 1780. The van der Waals surface area contributed by atoms with Gasteiger partial charge in [0.2, 0.25) is 0 Å². The van der Waals surface area contributed by atoms with Crippen molar-refractivity contribution >= 4 is 29.5 Å². The van der Waals surface area contributed by atoms with Gasteiger partial charge in [-0.15, -0.1) is 0 Å². The van der Waals surface area contributed by atoms with Crippen molar-refractivity contribution in [1.29, 1.82) is 0 Å². The Labute approximate surface area is 366 Å². The van der Waals surface area contributed by atoms with Crippen LogP contribution in [0.3, 0.4) is 0 Å². The van der Waals surface area contributed by atoms with E-state index in [9.17, 15) is 24.0 Å². The maximum atomic E-state index is 14.1. The van der Waals surface area contributed by atoms with Crippen molar-refractivity contribution in [2.24, 2.45) is 17.2 Å². The van der Waals surface area contributed by atoms with Crippen LogP contribution in [0, 0.1) is 0 Å². The first-order valence-corrected chi connectivity index (χ1v) is 22.3. The molecule has 10 N–H and O–H groups in total. The highest BCUT2D eigenvalue weighted by molar-refractivity contribution is 6.04. The molecule has 4 rings (SSSR count). The summed E-state index contributed by atoms with van der Waals surface area (Å²) in [4.78, 5) is 68.6. The lowest BCUT2D eigenvalue weighted by atomic mass is 9.90. The summed E-state index contributed by atoms with van der Waals surface area (Å²) in [6, 6.07) is 5.59. The van der Waals surface area contributed by atoms with Gasteiger partial charge in [-0.1, -0.05) is 19.3 Å². The molecule has 17 heteroatoms. The fraction of sp³-hybridized carbons (Fsp3) is 0.622. The van der Waals surface area contributed by atoms with Crippen molar-refractivity contribution in [2.45, 2.75) is 114 Å². The standard InChI is InChI=1S/C45H70N8O9/c1-53(2)22-21-49-42(55)34-26-35(39(61-24-12-6-10-20-47)28-38(34)60-23-11-5-9-19-46)44(57)51-31-15-17-32(18-16-31)52-45(58)36-25-33(43(56)50-30-13-7-4-8-14-30)37(59-3)27-40(36)62-29-41(48)54/h25-28,30-32H,4-24,29,46-47H2,1-3H3,(H2,48,54)(H,49,55)(H,50,56)(H,51,57)(H,52,58)/t31-,32-. The van der Waals surface area contributed by atoms with Crippen LogP contribution in [0.4, 0.5) is 0 Å². The first kappa shape index (κ1) is 49.5. The lowest BCUT2D eigenvalue weighted by Crippen LogP contribution is -2.44. The van der Waals surface area contributed by atoms with Crippen LogP contribution in [-0.4, -0.2) is 120 Å². The number of hydrogen-bond acceptors (Lipinski definition) is 12. The Morgan fingerprint density at radius 3 is 1.47 bits per heavy atom. The predicted octanol–water partition coefficient (Wildman–Crippen LogP) is 3.40. The van der Waals surface area contributed by atoms with E-state index in [2.05, 4.69) is 21.3 Å². The Morgan fingerprint density at radius 1 is 0.581 bits per heavy atom. The highest BCUT2D eigenvalue weighted by atomic mass is 16.5. The highest BCUT2D eigenvalue weighted by Crippen LogP contribution is 2.33. The molecule has 2 aromatic rings. The van der Waals surface area contributed by atoms with Crippen LogP contribution < -0.4 is 57.4 Å². The van der Waals surface area contributed by atoms with Gasteiger partial charge in [-0.25, -0.2) is 0 Å². The summed E-state index contributed by atoms with van der Waals surface area (Å²) in [5, 5.41) is 12.2. The monoisotopic (exact) mass is 867 g/mol. The molecule has 2 aliphatic carbocycles. The number of carbonyl (C=O) groups excluding carboxylic acids is 5. The minimum atomic E-state index is -0.728. The molecular formula is C45H70N8O9. The smallest absolute Gasteiger partial charge is 0.255 e. The van der Waals surface area contributed by atoms with Crippen LogP contribution in [0.15, 0.2) is 24.3 Å². The quantitative estimate of drug-likeness (QED) is 0.0673. The Morgan fingerprint density at radius 2 is 1.02 bits per heavy atom. The largest absolute Gasteiger partial charge is 0.496 e. The number of likely N-dealkylation sites (N-methyl/N-ethyl adjacent to an activating group) is 1. The van der Waals surface area contributed by atoms with E-state index in [1.165, 1.54) is 19.2 Å². The second-order valence-electron chi connectivity index (χ2n) is 16.4. The van der Waals surface area contributed by atoms with E-state index >= 15 is 0 Å². The number of unbranched alkanes of at least 4 members (excludes halogenated alkanes) is 4. The number of nitrogens with zero attached hydrogens (tertiary/aromatic N) is 1. The number of methoxy groups -OCH3 is 1. The zero-order valence-electron chi connectivity index (χ0n) is 37.0. The molecule has 5 amide bonds. The maximum Gasteiger partial charge on any atom is 0.255 e. The number of rotatable bonds is 26. The van der Waals surface area contributed by atoms with E-state index in [0.29, 0.717) is 76.6 Å². The lowest BCUT2D eigenvalue weighted by Gasteiger charge is -2.30. The second-order valence-corrected chi connectivity index (χ2v) is 16.4. The molecule has 0 bridgehead atoms. The fourth-order valence-electron chi connectivity index (χ4n) is 7.63. The minimum absolute atomic E-state index is 0.0277. The molecule has 0 spiro atoms. The molecule has 0 radical (unpaired) electrons. The van der Waals surface area contributed by atoms with Crippen LogP contribution in [0.2, 0.25) is 0 Å². The van der Waals surface area contributed by atoms with Crippen molar-refractivity contribution in [3.8, 4) is 23.0 Å². The van der Waals surface area contributed by atoms with Gasteiger partial charge in [-0.2, -0.15) is 0 Å². The van der Waals surface area contributed by atoms with E-state index in [-0.39, 0.29) is 69.6 Å². The van der Waals surface area contributed by atoms with Gasteiger partial charge < -0.3 is 62.3 Å². The zero-order valence-corrected chi connectivity index (χ0v) is 37.0. The maximum absolute atomic E-state index is 14.1. The van der Waals surface area contributed by atoms with Crippen molar-refractivity contribution < 1.29 is 42.9 Å². The van der Waals surface area contributed by atoms with Gasteiger partial charge in [0.05, 0.1) is 42.6 Å². The Kier molecular flexibility index (Phi) is 21.1. The molecule has 0 aliphatic heterocycles. The summed E-state index contributed by atoms with van der Waals surface area (Å²) in [5.74, 6) is -1.42. The number of benzene rings is 2. The topological polar surface area (TPSA) is 252 Å². The number of hydrogen-bond donors (Lipinski definition) is 7. The van der Waals surface area contributed by atoms with Crippen LogP contribution in [0.1, 0.15) is 138 Å². The van der Waals surface area contributed by atoms with Gasteiger partial charge in [0, 0.05) is 43.3 Å². The summed E-state index contributed by atoms with van der Waals surface area (Å²) in [5.41, 5.74) is 17.4. The van der Waals surface area contributed by atoms with Gasteiger partial charge in [0.25, 0.3) is 29.5 Å². The van der Waals surface area contributed by atoms with Gasteiger partial charge in [0.1, 0.15) is 23.0 Å². The molecule has 0 heterocycles. The third kappa shape index (κ3) is 16.0. The van der Waals surface area contributed by atoms with Gasteiger partial charge in [-0.3, -0.25) is 24.0 Å². The molecule has 2 aromatic carbocycles. The van der Waals surface area contributed by atoms with E-state index in [4.69, 9.17) is 36.1 Å². The van der Waals surface area contributed by atoms with Gasteiger partial charge in [-0.05, 0) is 116 Å². The normalized spacial score (nSPS) is 16.5. The molecule has 344 valence electrons. The van der Waals surface area contributed by atoms with E-state index in [1.807, 2.05) is 19.0 Å². The molecule has 62 heavy (non-hydrogen) atoms. The van der Waals surface area contributed by atoms with Gasteiger partial charge >= 0.3 is 0 Å². The fourth-order valence-corrected chi connectivity index (χ4v) is 7.63. The lowest BCUT2D eigenvalue weighted by molar-refractivity contribution is -0.120. The average molecular weight is 867 g/mol. The van der Waals surface area contributed by atoms with E-state index < -0.39 is 18.4 Å².